The molecule has 1 heterocycles. The van der Waals surface area contributed by atoms with Crippen LogP contribution in [-0.2, 0) is 0 Å². The van der Waals surface area contributed by atoms with E-state index in [1.807, 2.05) is 30.9 Å². The zero-order valence-electron chi connectivity index (χ0n) is 12.1. The maximum Gasteiger partial charge on any atom is 0.0948 e. The molecule has 0 bridgehead atoms. The summed E-state index contributed by atoms with van der Waals surface area (Å²) in [6.45, 7) is 5.40. The normalized spacial score (nSPS) is 14.2. The molecule has 2 rings (SSSR count). The number of hydrogen-bond donors (Lipinski definition) is 1. The third-order valence-electron chi connectivity index (χ3n) is 3.67. The van der Waals surface area contributed by atoms with Crippen LogP contribution in [0.3, 0.4) is 0 Å². The first kappa shape index (κ1) is 15.1. The highest BCUT2D eigenvalue weighted by Gasteiger charge is 2.09. The van der Waals surface area contributed by atoms with E-state index in [0.29, 0.717) is 12.1 Å². The van der Waals surface area contributed by atoms with Gasteiger partial charge in [0.1, 0.15) is 0 Å². The van der Waals surface area contributed by atoms with Crippen molar-refractivity contribution in [2.24, 2.45) is 0 Å². The highest BCUT2D eigenvalue weighted by atomic mass is 35.5. The van der Waals surface area contributed by atoms with Crippen LogP contribution in [0.4, 0.5) is 0 Å². The van der Waals surface area contributed by atoms with Crippen LogP contribution in [0.5, 0.6) is 0 Å². The molecule has 108 valence electrons. The summed E-state index contributed by atoms with van der Waals surface area (Å²) >= 11 is 5.93. The number of hydrogen-bond acceptors (Lipinski definition) is 2. The summed E-state index contributed by atoms with van der Waals surface area (Å²) < 4.78 is 2.14. The SMILES string of the molecule is CCC(NCCC(C)n1ccnc1)c1ccc(Cl)cc1. The van der Waals surface area contributed by atoms with E-state index in [0.717, 1.165) is 24.4 Å². The highest BCUT2D eigenvalue weighted by molar-refractivity contribution is 6.30. The maximum atomic E-state index is 5.93. The average molecular weight is 292 g/mol. The first-order chi connectivity index (χ1) is 9.70. The summed E-state index contributed by atoms with van der Waals surface area (Å²) in [5.41, 5.74) is 1.30. The molecule has 3 nitrogen and oxygen atoms in total. The molecule has 0 saturated carbocycles. The van der Waals surface area contributed by atoms with Gasteiger partial charge >= 0.3 is 0 Å². The van der Waals surface area contributed by atoms with E-state index in [2.05, 4.69) is 40.8 Å². The summed E-state index contributed by atoms with van der Waals surface area (Å²) in [6, 6.07) is 8.96. The number of halogens is 1. The van der Waals surface area contributed by atoms with Gasteiger partial charge in [0.15, 0.2) is 0 Å². The Hall–Kier alpha value is -1.32. The van der Waals surface area contributed by atoms with Crippen molar-refractivity contribution in [3.05, 3.63) is 53.6 Å². The molecule has 1 aromatic heterocycles. The summed E-state index contributed by atoms with van der Waals surface area (Å²) in [5, 5.41) is 4.41. The molecule has 0 amide bonds. The Morgan fingerprint density at radius 3 is 2.65 bits per heavy atom. The van der Waals surface area contributed by atoms with Crippen molar-refractivity contribution in [2.45, 2.75) is 38.8 Å². The molecule has 2 aromatic rings. The standard InChI is InChI=1S/C16H22ClN3/c1-3-16(14-4-6-15(17)7-5-14)19-9-8-13(2)20-11-10-18-12-20/h4-7,10-13,16,19H,3,8-9H2,1-2H3. The summed E-state index contributed by atoms with van der Waals surface area (Å²) in [7, 11) is 0. The number of rotatable bonds is 7. The number of aromatic nitrogens is 2. The van der Waals surface area contributed by atoms with Crippen LogP contribution in [0.15, 0.2) is 43.0 Å². The lowest BCUT2D eigenvalue weighted by atomic mass is 10.0. The molecule has 2 atom stereocenters. The van der Waals surface area contributed by atoms with Gasteiger partial charge in [-0.3, -0.25) is 0 Å². The van der Waals surface area contributed by atoms with E-state index in [1.165, 1.54) is 5.56 Å². The van der Waals surface area contributed by atoms with Gasteiger partial charge in [0.2, 0.25) is 0 Å². The van der Waals surface area contributed by atoms with Gasteiger partial charge in [-0.15, -0.1) is 0 Å². The molecule has 0 spiro atoms. The van der Waals surface area contributed by atoms with Gasteiger partial charge in [-0.2, -0.15) is 0 Å². The second-order valence-corrected chi connectivity index (χ2v) is 5.55. The van der Waals surface area contributed by atoms with Gasteiger partial charge in [-0.05, 0) is 44.0 Å². The molecule has 0 saturated heterocycles. The lowest BCUT2D eigenvalue weighted by Crippen LogP contribution is -2.23. The molecular formula is C16H22ClN3. The van der Waals surface area contributed by atoms with Crippen molar-refractivity contribution in [2.75, 3.05) is 6.54 Å². The van der Waals surface area contributed by atoms with Gasteiger partial charge in [0.05, 0.1) is 6.33 Å². The molecule has 0 fully saturated rings. The number of nitrogens with zero attached hydrogens (tertiary/aromatic N) is 2. The first-order valence-corrected chi connectivity index (χ1v) is 7.54. The van der Waals surface area contributed by atoms with E-state index >= 15 is 0 Å². The monoisotopic (exact) mass is 291 g/mol. The molecule has 0 aliphatic rings. The number of benzene rings is 1. The summed E-state index contributed by atoms with van der Waals surface area (Å²) in [6.07, 6.45) is 7.87. The van der Waals surface area contributed by atoms with Gasteiger partial charge in [-0.25, -0.2) is 4.98 Å². The molecule has 1 N–H and O–H groups in total. The van der Waals surface area contributed by atoms with E-state index < -0.39 is 0 Å². The third-order valence-corrected chi connectivity index (χ3v) is 3.92. The van der Waals surface area contributed by atoms with Gasteiger partial charge in [0.25, 0.3) is 0 Å². The van der Waals surface area contributed by atoms with Gasteiger partial charge in [-0.1, -0.05) is 30.7 Å². The predicted octanol–water partition coefficient (Wildman–Crippen LogP) is 4.23. The Labute approximate surface area is 126 Å². The molecule has 0 aliphatic heterocycles. The van der Waals surface area contributed by atoms with E-state index in [1.54, 1.807) is 0 Å². The van der Waals surface area contributed by atoms with Crippen LogP contribution in [0.25, 0.3) is 0 Å². The van der Waals surface area contributed by atoms with Crippen LogP contribution < -0.4 is 5.32 Å². The van der Waals surface area contributed by atoms with Crippen molar-refractivity contribution >= 4 is 11.6 Å². The first-order valence-electron chi connectivity index (χ1n) is 7.17. The van der Waals surface area contributed by atoms with Gasteiger partial charge in [0, 0.05) is 29.5 Å². The third kappa shape index (κ3) is 4.09. The smallest absolute Gasteiger partial charge is 0.0948 e. The van der Waals surface area contributed by atoms with E-state index in [-0.39, 0.29) is 0 Å². The molecular weight excluding hydrogens is 270 g/mol. The molecule has 0 aliphatic carbocycles. The summed E-state index contributed by atoms with van der Waals surface area (Å²) in [5.74, 6) is 0. The molecule has 1 aromatic carbocycles. The highest BCUT2D eigenvalue weighted by Crippen LogP contribution is 2.19. The van der Waals surface area contributed by atoms with Crippen molar-refractivity contribution in [3.8, 4) is 0 Å². The minimum Gasteiger partial charge on any atom is -0.335 e. The predicted molar refractivity (Wildman–Crippen MR) is 84.0 cm³/mol. The Morgan fingerprint density at radius 1 is 1.30 bits per heavy atom. The number of nitrogens with one attached hydrogen (secondary N) is 1. The van der Waals surface area contributed by atoms with E-state index in [9.17, 15) is 0 Å². The van der Waals surface area contributed by atoms with Crippen molar-refractivity contribution < 1.29 is 0 Å². The Kier molecular flexibility index (Phi) is 5.62. The number of imidazole rings is 1. The van der Waals surface area contributed by atoms with Gasteiger partial charge < -0.3 is 9.88 Å². The van der Waals surface area contributed by atoms with Crippen LogP contribution in [0.2, 0.25) is 5.02 Å². The fourth-order valence-electron chi connectivity index (χ4n) is 2.34. The lowest BCUT2D eigenvalue weighted by molar-refractivity contribution is 0.443. The fourth-order valence-corrected chi connectivity index (χ4v) is 2.46. The molecule has 20 heavy (non-hydrogen) atoms. The van der Waals surface area contributed by atoms with Crippen molar-refractivity contribution in [3.63, 3.8) is 0 Å². The molecule has 2 unspecified atom stereocenters. The molecule has 0 radical (unpaired) electrons. The van der Waals surface area contributed by atoms with E-state index in [4.69, 9.17) is 11.6 Å². The Bertz CT molecular complexity index is 493. The van der Waals surface area contributed by atoms with Crippen LogP contribution in [-0.4, -0.2) is 16.1 Å². The second kappa shape index (κ2) is 7.46. The largest absolute Gasteiger partial charge is 0.335 e. The average Bonchev–Trinajstić information content (AvgIpc) is 2.99. The Morgan fingerprint density at radius 2 is 2.05 bits per heavy atom. The zero-order valence-corrected chi connectivity index (χ0v) is 12.8. The minimum atomic E-state index is 0.391. The minimum absolute atomic E-state index is 0.391. The van der Waals surface area contributed by atoms with Crippen molar-refractivity contribution in [1.29, 1.82) is 0 Å². The van der Waals surface area contributed by atoms with Crippen LogP contribution in [0.1, 0.15) is 44.3 Å². The fraction of sp³-hybridized carbons (Fsp3) is 0.438. The lowest BCUT2D eigenvalue weighted by Gasteiger charge is -2.19. The Balaban J connectivity index is 1.83. The quantitative estimate of drug-likeness (QED) is 0.827. The second-order valence-electron chi connectivity index (χ2n) is 5.11. The zero-order chi connectivity index (χ0) is 14.4. The molecule has 4 heteroatoms. The van der Waals surface area contributed by atoms with Crippen LogP contribution >= 0.6 is 11.6 Å². The topological polar surface area (TPSA) is 29.9 Å². The summed E-state index contributed by atoms with van der Waals surface area (Å²) in [4.78, 5) is 4.09. The maximum absolute atomic E-state index is 5.93. The van der Waals surface area contributed by atoms with Crippen LogP contribution in [0, 0.1) is 0 Å². The van der Waals surface area contributed by atoms with Crippen molar-refractivity contribution in [1.82, 2.24) is 14.9 Å².